The predicted octanol–water partition coefficient (Wildman–Crippen LogP) is 1.75. The molecule has 1 saturated heterocycles. The normalized spacial score (nSPS) is 18.6. The molecule has 0 bridgehead atoms. The summed E-state index contributed by atoms with van der Waals surface area (Å²) in [5.74, 6) is -9.30. The molecule has 0 radical (unpaired) electrons. The Morgan fingerprint density at radius 2 is 1.90 bits per heavy atom. The van der Waals surface area contributed by atoms with Crippen molar-refractivity contribution < 1.29 is 33.0 Å². The molecule has 8 heteroatoms. The van der Waals surface area contributed by atoms with Crippen LogP contribution in [0.2, 0.25) is 0 Å². The molecule has 2 rings (SSSR count). The van der Waals surface area contributed by atoms with Crippen LogP contribution < -0.4 is 0 Å². The van der Waals surface area contributed by atoms with Crippen LogP contribution in [0.1, 0.15) is 23.2 Å². The highest BCUT2D eigenvalue weighted by Crippen LogP contribution is 2.28. The van der Waals surface area contributed by atoms with Crippen molar-refractivity contribution in [1.82, 2.24) is 4.90 Å². The molecule has 1 aromatic rings. The molecular formula is C13H12F3NO4. The maximum atomic E-state index is 13.7. The fourth-order valence-corrected chi connectivity index (χ4v) is 2.28. The van der Waals surface area contributed by atoms with E-state index in [4.69, 9.17) is 10.2 Å². The third-order valence-electron chi connectivity index (χ3n) is 3.42. The van der Waals surface area contributed by atoms with Gasteiger partial charge in [-0.15, -0.1) is 0 Å². The van der Waals surface area contributed by atoms with E-state index < -0.39 is 46.6 Å². The topological polar surface area (TPSA) is 77.8 Å². The Morgan fingerprint density at radius 3 is 2.52 bits per heavy atom. The number of nitrogens with zero attached hydrogens (tertiary/aromatic N) is 1. The lowest BCUT2D eigenvalue weighted by Gasteiger charge is -2.30. The van der Waals surface area contributed by atoms with Crippen molar-refractivity contribution in [3.8, 4) is 5.75 Å². The number of aliphatic carboxylic acids is 1. The number of benzene rings is 1. The number of halogens is 3. The Hall–Kier alpha value is -2.25. The molecule has 5 nitrogen and oxygen atoms in total. The van der Waals surface area contributed by atoms with Crippen molar-refractivity contribution in [1.29, 1.82) is 0 Å². The highest BCUT2D eigenvalue weighted by molar-refractivity contribution is 5.95. The van der Waals surface area contributed by atoms with Crippen LogP contribution in [0.4, 0.5) is 13.2 Å². The molecule has 1 aliphatic rings. The van der Waals surface area contributed by atoms with E-state index in [0.717, 1.165) is 4.90 Å². The molecule has 0 aliphatic carbocycles. The number of hydrogen-bond donors (Lipinski definition) is 2. The molecule has 0 spiro atoms. The van der Waals surface area contributed by atoms with Gasteiger partial charge >= 0.3 is 5.97 Å². The number of likely N-dealkylation sites (tertiary alicyclic amines) is 1. The monoisotopic (exact) mass is 303 g/mol. The maximum absolute atomic E-state index is 13.7. The molecule has 21 heavy (non-hydrogen) atoms. The molecule has 0 aromatic heterocycles. The first kappa shape index (κ1) is 15.1. The zero-order chi connectivity index (χ0) is 15.7. The minimum atomic E-state index is -1.77. The van der Waals surface area contributed by atoms with E-state index in [1.54, 1.807) is 0 Å². The van der Waals surface area contributed by atoms with E-state index in [0.29, 0.717) is 18.9 Å². The summed E-state index contributed by atoms with van der Waals surface area (Å²) >= 11 is 0. The highest BCUT2D eigenvalue weighted by atomic mass is 19.2. The van der Waals surface area contributed by atoms with E-state index in [-0.39, 0.29) is 13.1 Å². The first-order valence-electron chi connectivity index (χ1n) is 6.21. The van der Waals surface area contributed by atoms with Gasteiger partial charge in [-0.3, -0.25) is 9.59 Å². The fraction of sp³-hybridized carbons (Fsp3) is 0.385. The van der Waals surface area contributed by atoms with Crippen molar-refractivity contribution in [3.05, 3.63) is 29.1 Å². The molecule has 1 fully saturated rings. The summed E-state index contributed by atoms with van der Waals surface area (Å²) < 4.78 is 39.8. The van der Waals surface area contributed by atoms with Crippen molar-refractivity contribution in [2.75, 3.05) is 13.1 Å². The number of phenolic OH excluding ortho intramolecular Hbond substituents is 1. The van der Waals surface area contributed by atoms with E-state index in [1.807, 2.05) is 0 Å². The van der Waals surface area contributed by atoms with Crippen molar-refractivity contribution in [2.45, 2.75) is 12.8 Å². The van der Waals surface area contributed by atoms with E-state index >= 15 is 0 Å². The summed E-state index contributed by atoms with van der Waals surface area (Å²) in [6.45, 7) is 0.0369. The van der Waals surface area contributed by atoms with E-state index in [2.05, 4.69) is 0 Å². The molecule has 1 amide bonds. The predicted molar refractivity (Wildman–Crippen MR) is 64.2 cm³/mol. The molecule has 114 valence electrons. The Morgan fingerprint density at radius 1 is 1.24 bits per heavy atom. The summed E-state index contributed by atoms with van der Waals surface area (Å²) in [6.07, 6.45) is 0.782. The number of rotatable bonds is 2. The van der Waals surface area contributed by atoms with Crippen molar-refractivity contribution in [3.63, 3.8) is 0 Å². The van der Waals surface area contributed by atoms with Gasteiger partial charge in [-0.2, -0.15) is 4.39 Å². The average Bonchev–Trinajstić information content (AvgIpc) is 2.48. The Kier molecular flexibility index (Phi) is 4.06. The number of aromatic hydroxyl groups is 1. The second-order valence-electron chi connectivity index (χ2n) is 4.81. The number of hydrogen-bond acceptors (Lipinski definition) is 3. The quantitative estimate of drug-likeness (QED) is 0.816. The molecule has 2 N–H and O–H groups in total. The number of phenols is 1. The standard InChI is InChI=1S/C13H12F3NO4/c14-8-4-7(9(15)11(18)10(8)16)12(19)17-3-1-2-6(5-17)13(20)21/h4,6,18H,1-3,5H2,(H,20,21)/t6-/m0/s1. The SMILES string of the molecule is O=C(O)[C@H]1CCCN(C(=O)c2cc(F)c(F)c(O)c2F)C1. The van der Waals surface area contributed by atoms with Crippen molar-refractivity contribution in [2.24, 2.45) is 5.92 Å². The van der Waals surface area contributed by atoms with Crippen LogP contribution in [0, 0.1) is 23.4 Å². The average molecular weight is 303 g/mol. The number of carbonyl (C=O) groups is 2. The minimum Gasteiger partial charge on any atom is -0.503 e. The smallest absolute Gasteiger partial charge is 0.308 e. The third kappa shape index (κ3) is 2.79. The van der Waals surface area contributed by atoms with Gasteiger partial charge < -0.3 is 15.1 Å². The van der Waals surface area contributed by atoms with Gasteiger partial charge in [-0.05, 0) is 18.9 Å². The molecule has 0 saturated carbocycles. The molecule has 1 aromatic carbocycles. The van der Waals surface area contributed by atoms with Crippen LogP contribution in [0.3, 0.4) is 0 Å². The summed E-state index contributed by atoms with van der Waals surface area (Å²) in [5, 5.41) is 18.0. The number of carbonyl (C=O) groups excluding carboxylic acids is 1. The first-order chi connectivity index (χ1) is 9.82. The van der Waals surface area contributed by atoms with Gasteiger partial charge in [0.15, 0.2) is 17.4 Å². The zero-order valence-corrected chi connectivity index (χ0v) is 10.8. The second-order valence-corrected chi connectivity index (χ2v) is 4.81. The van der Waals surface area contributed by atoms with Crippen LogP contribution >= 0.6 is 0 Å². The number of piperidine rings is 1. The van der Waals surface area contributed by atoms with Crippen LogP contribution in [0.5, 0.6) is 5.75 Å². The van der Waals surface area contributed by atoms with Gasteiger partial charge in [0, 0.05) is 13.1 Å². The maximum Gasteiger partial charge on any atom is 0.308 e. The summed E-state index contributed by atoms with van der Waals surface area (Å²) in [7, 11) is 0. The Labute approximate surface area is 117 Å². The zero-order valence-electron chi connectivity index (χ0n) is 10.8. The molecule has 1 aliphatic heterocycles. The van der Waals surface area contributed by atoms with Gasteiger partial charge in [0.25, 0.3) is 5.91 Å². The molecule has 0 unspecified atom stereocenters. The van der Waals surface area contributed by atoms with Crippen LogP contribution in [-0.2, 0) is 4.79 Å². The number of carboxylic acids is 1. The largest absolute Gasteiger partial charge is 0.503 e. The lowest BCUT2D eigenvalue weighted by molar-refractivity contribution is -0.143. The molecule has 1 atom stereocenters. The van der Waals surface area contributed by atoms with Gasteiger partial charge in [0.1, 0.15) is 0 Å². The molecular weight excluding hydrogens is 291 g/mol. The Balaban J connectivity index is 2.30. The summed E-state index contributed by atoms with van der Waals surface area (Å²) in [4.78, 5) is 24.1. The van der Waals surface area contributed by atoms with E-state index in [1.165, 1.54) is 0 Å². The number of carboxylic acid groups (broad SMARTS) is 1. The van der Waals surface area contributed by atoms with Crippen molar-refractivity contribution >= 4 is 11.9 Å². The fourth-order valence-electron chi connectivity index (χ4n) is 2.28. The first-order valence-corrected chi connectivity index (χ1v) is 6.21. The Bertz CT molecular complexity index is 606. The van der Waals surface area contributed by atoms with Gasteiger partial charge in [0.2, 0.25) is 5.82 Å². The van der Waals surface area contributed by atoms with Crippen LogP contribution in [0.15, 0.2) is 6.07 Å². The molecule has 1 heterocycles. The van der Waals surface area contributed by atoms with Gasteiger partial charge in [0.05, 0.1) is 11.5 Å². The van der Waals surface area contributed by atoms with E-state index in [9.17, 15) is 22.8 Å². The second kappa shape index (κ2) is 5.63. The highest BCUT2D eigenvalue weighted by Gasteiger charge is 2.31. The summed E-state index contributed by atoms with van der Waals surface area (Å²) in [6, 6.07) is 0.358. The van der Waals surface area contributed by atoms with Gasteiger partial charge in [-0.1, -0.05) is 0 Å². The minimum absolute atomic E-state index is 0.145. The summed E-state index contributed by atoms with van der Waals surface area (Å²) in [5.41, 5.74) is -0.822. The lowest BCUT2D eigenvalue weighted by atomic mass is 9.97. The van der Waals surface area contributed by atoms with Gasteiger partial charge in [-0.25, -0.2) is 8.78 Å². The van der Waals surface area contributed by atoms with Crippen LogP contribution in [-0.4, -0.2) is 40.1 Å². The lowest BCUT2D eigenvalue weighted by Crippen LogP contribution is -2.42. The number of amides is 1. The van der Waals surface area contributed by atoms with Crippen LogP contribution in [0.25, 0.3) is 0 Å². The third-order valence-corrected chi connectivity index (χ3v) is 3.42.